The molecule has 3 unspecified atom stereocenters. The molecule has 132 heavy (non-hydrogen) atoms. The highest BCUT2D eigenvalue weighted by Gasteiger charge is 2.53. The minimum absolute atomic E-state index is 0.0412. The molecule has 0 bridgehead atoms. The van der Waals surface area contributed by atoms with Gasteiger partial charge in [0.15, 0.2) is 37.7 Å². The average Bonchev–Trinajstić information content (AvgIpc) is 0.859. The predicted octanol–water partition coefficient (Wildman–Crippen LogP) is -7.98. The van der Waals surface area contributed by atoms with E-state index in [-0.39, 0.29) is 76.0 Å². The van der Waals surface area contributed by atoms with Crippen molar-refractivity contribution in [2.45, 2.75) is 261 Å². The molecule has 0 radical (unpaired) electrons. The van der Waals surface area contributed by atoms with Crippen LogP contribution in [0.4, 0.5) is 0 Å². The van der Waals surface area contributed by atoms with Crippen LogP contribution in [0.25, 0.3) is 0 Å². The number of aliphatic hydroxyl groups excluding tert-OH is 18. The summed E-state index contributed by atoms with van der Waals surface area (Å²) in [5.41, 5.74) is -0.131. The van der Waals surface area contributed by atoms with Gasteiger partial charge in [-0.05, 0) is 56.7 Å². The fraction of sp³-hybridized carbons (Fsp3) is 0.885. The number of ether oxygens (including phenoxy) is 12. The highest BCUT2D eigenvalue weighted by molar-refractivity contribution is 7.47. The van der Waals surface area contributed by atoms with Crippen LogP contribution in [0.15, 0.2) is 18.2 Å². The highest BCUT2D eigenvalue weighted by Crippen LogP contribution is 2.47. The molecule has 0 aromatic heterocycles. The van der Waals surface area contributed by atoms with Crippen molar-refractivity contribution in [2.24, 2.45) is 0 Å². The molecule has 0 aliphatic carbocycles. The number of hydrogen-bond acceptors (Lipinski definition) is 42. The molecule has 0 saturated carbocycles. The molecule has 54 heteroatoms. The Morgan fingerprint density at radius 1 is 0.265 bits per heavy atom. The first kappa shape index (κ1) is 116. The molecule has 24 N–H and O–H groups in total. The summed E-state index contributed by atoms with van der Waals surface area (Å²) in [6.07, 6.45) is -46.1. The van der Waals surface area contributed by atoms with Gasteiger partial charge in [0.2, 0.25) is 0 Å². The van der Waals surface area contributed by atoms with Crippen molar-refractivity contribution in [1.29, 1.82) is 0 Å². The fourth-order valence-electron chi connectivity index (χ4n) is 13.9. The molecule has 1 aromatic rings. The van der Waals surface area contributed by atoms with Crippen molar-refractivity contribution in [3.8, 4) is 0 Å². The van der Waals surface area contributed by atoms with Crippen LogP contribution in [-0.2, 0) is 97.7 Å². The maximum Gasteiger partial charge on any atom is 0.472 e. The highest BCUT2D eigenvalue weighted by atomic mass is 31.2. The summed E-state index contributed by atoms with van der Waals surface area (Å²) in [5, 5.41) is 201. The summed E-state index contributed by atoms with van der Waals surface area (Å²) in [5.74, 6) is -1.91. The van der Waals surface area contributed by atoms with Crippen molar-refractivity contribution in [1.82, 2.24) is 16.0 Å². The van der Waals surface area contributed by atoms with Gasteiger partial charge in [-0.3, -0.25) is 41.5 Å². The van der Waals surface area contributed by atoms with E-state index in [0.717, 1.165) is 0 Å². The average molecular weight is 1980 g/mol. The minimum atomic E-state index is -4.67. The van der Waals surface area contributed by atoms with E-state index in [2.05, 4.69) is 16.0 Å². The summed E-state index contributed by atoms with van der Waals surface area (Å²) in [4.78, 5) is 72.2. The summed E-state index contributed by atoms with van der Waals surface area (Å²) in [6.45, 7) is -3.57. The van der Waals surface area contributed by atoms with Gasteiger partial charge in [-0.1, -0.05) is 38.5 Å². The lowest BCUT2D eigenvalue weighted by atomic mass is 9.98. The van der Waals surface area contributed by atoms with E-state index in [0.29, 0.717) is 110 Å². The Hall–Kier alpha value is -3.36. The number of aliphatic hydroxyl groups is 18. The number of carbonyl (C=O) groups excluding carboxylic acids is 3. The molecule has 51 nitrogen and oxygen atoms in total. The number of likely N-dealkylation sites (N-methyl/N-ethyl adjacent to an activating group) is 3. The van der Waals surface area contributed by atoms with Crippen LogP contribution in [0.3, 0.4) is 0 Å². The van der Waals surface area contributed by atoms with E-state index in [4.69, 9.17) is 84.0 Å². The lowest BCUT2D eigenvalue weighted by Gasteiger charge is -2.43. The lowest BCUT2D eigenvalue weighted by Crippen LogP contribution is -2.61. The van der Waals surface area contributed by atoms with Crippen LogP contribution >= 0.6 is 23.5 Å². The molecule has 6 aliphatic heterocycles. The number of unbranched alkanes of at least 4 members (excludes halogenated alkanes) is 9. The molecule has 0 spiro atoms. The van der Waals surface area contributed by atoms with E-state index >= 15 is 0 Å². The summed E-state index contributed by atoms with van der Waals surface area (Å²) < 4.78 is 137. The Labute approximate surface area is 764 Å². The monoisotopic (exact) mass is 1980 g/mol. The smallest absolute Gasteiger partial charge is 0.387 e. The second kappa shape index (κ2) is 54.0. The van der Waals surface area contributed by atoms with Crippen LogP contribution < -0.4 is 16.0 Å². The van der Waals surface area contributed by atoms with E-state index < -0.39 is 265 Å². The zero-order chi connectivity index (χ0) is 98.0. The Balaban J connectivity index is 0.869. The number of nitrogens with zero attached hydrogens (tertiary/aromatic N) is 3. The number of benzene rings is 1. The number of phosphoric ester groups is 3. The number of amides is 3. The van der Waals surface area contributed by atoms with Gasteiger partial charge in [0.05, 0.1) is 103 Å². The SMILES string of the molecule is C[N+](C)(C)CCOP(=O)(O)OC[C@H]1O[C@@H](OC[C@H]2O[C@@H](OCCCCCCNC(=O)c3cc(C(=O)NCCCCCCO[C@@H]4O[C@H](CO[C@@H]5O[C@H](COP(=O)(O)OCC[N+](C)(C)C)[C@H](O)[C@H](O)[C@H]5O)[C@H](O)[C@H](O)[C@H]4O)cc(C(=O)NCCCCCCO[C@@H]4O[C@H](CO[C@@H]5O[C@H](COP(=O)(O)OCC[N+](C)(C)C)[C@H](O)[C@H](O)[C@H]5O)[C@H](O)[C@H](O)[C@H]4O)c3)[C@H](O)[C@@H](O)[C@H]2O)[C@H](O)[C@@H](O)[C@H]1O. The third kappa shape index (κ3) is 37.6. The van der Waals surface area contributed by atoms with Crippen molar-refractivity contribution in [2.75, 3.05) is 182 Å². The molecule has 768 valence electrons. The first-order valence-corrected chi connectivity index (χ1v) is 48.4. The Kier molecular flexibility index (Phi) is 47.3. The standard InChI is InChI=1S/C78H141N6O45P3/c1-82(2,3)25-31-118-130(106,107)121-40-49-55(88)61(94)67(100)76(127-49)115-37-46-52(85)58(91)64(97)73(124-46)112-28-19-13-10-16-22-79-70(103)43-34-44(71(104)80-23-17-11-14-20-29-113-74-65(98)59(92)53(86)47(125-74)38-116-77-68(101)62(95)56(89)50(128-77)41-122-131(108,109)119-32-26-83(4,5)6)36-45(35-43)72(105)81-24-18-12-15-21-30-114-75-66(99)60(93)54(87)48(126-75)39-117-78-69(102)63(96)57(90)51(129-78)42-123-132(110,111)120-33-27-84(7,8)9/h34-36,46-69,73-78,85-102H,10-33,37-42H2,1-9H3,(H3-3,79,80,81,103,104,105,106,107,108,109,110,111)/p+3/t46-,47-,48-,49-,50-,51-,52+,53+,54+,55+,56+,57+,58+,59+,60+,61+,62+,63+,64-,65-,66-,67-,68-,69-,73-,74-,75-,76-,77-,78-/m1/s1. The first-order chi connectivity index (χ1) is 61.8. The maximum absolute atomic E-state index is 13.9. The normalized spacial score (nSPS) is 34.7. The molecule has 3 amide bonds. The molecule has 6 heterocycles. The number of carbonyl (C=O) groups is 3. The molecular weight excluding hydrogens is 1830 g/mol. The van der Waals surface area contributed by atoms with Crippen molar-refractivity contribution in [3.63, 3.8) is 0 Å². The van der Waals surface area contributed by atoms with Crippen LogP contribution in [0, 0.1) is 0 Å². The largest absolute Gasteiger partial charge is 0.472 e. The molecule has 6 aliphatic rings. The van der Waals surface area contributed by atoms with Crippen LogP contribution in [0.5, 0.6) is 0 Å². The van der Waals surface area contributed by atoms with Crippen LogP contribution in [-0.4, -0.2) is 504 Å². The fourth-order valence-corrected chi connectivity index (χ4v) is 16.1. The number of quaternary nitrogens is 3. The Bertz CT molecular complexity index is 3360. The second-order valence-corrected chi connectivity index (χ2v) is 40.7. The van der Waals surface area contributed by atoms with Crippen molar-refractivity contribution in [3.05, 3.63) is 34.9 Å². The van der Waals surface area contributed by atoms with Crippen LogP contribution in [0.1, 0.15) is 108 Å². The maximum atomic E-state index is 13.9. The van der Waals surface area contributed by atoms with Gasteiger partial charge < -0.3 is 193 Å². The number of nitrogens with one attached hydrogen (secondary N) is 3. The third-order valence-electron chi connectivity index (χ3n) is 22.2. The molecule has 6 saturated heterocycles. The van der Waals surface area contributed by atoms with Gasteiger partial charge in [-0.15, -0.1) is 0 Å². The number of hydrogen-bond donors (Lipinski definition) is 24. The van der Waals surface area contributed by atoms with E-state index in [1.54, 1.807) is 0 Å². The summed E-state index contributed by atoms with van der Waals surface area (Å²) in [6, 6.07) is 3.93. The zero-order valence-corrected chi connectivity index (χ0v) is 78.3. The van der Waals surface area contributed by atoms with Crippen LogP contribution in [0.2, 0.25) is 0 Å². The molecule has 33 atom stereocenters. The summed E-state index contributed by atoms with van der Waals surface area (Å²) >= 11 is 0. The number of rotatable bonds is 57. The molecule has 1 aromatic carbocycles. The van der Waals surface area contributed by atoms with Gasteiger partial charge in [-0.2, -0.15) is 0 Å². The van der Waals surface area contributed by atoms with Gasteiger partial charge in [-0.25, -0.2) is 13.7 Å². The van der Waals surface area contributed by atoms with Gasteiger partial charge >= 0.3 is 23.5 Å². The van der Waals surface area contributed by atoms with Gasteiger partial charge in [0, 0.05) is 56.1 Å². The molecule has 6 fully saturated rings. The second-order valence-electron chi connectivity index (χ2n) is 36.3. The zero-order valence-electron chi connectivity index (χ0n) is 75.6. The van der Waals surface area contributed by atoms with E-state index in [9.17, 15) is 135 Å². The Morgan fingerprint density at radius 2 is 0.455 bits per heavy atom. The lowest BCUT2D eigenvalue weighted by molar-refractivity contribution is -0.870. The topological polar surface area (TPSA) is 729 Å². The third-order valence-corrected chi connectivity index (χ3v) is 25.1. The van der Waals surface area contributed by atoms with Gasteiger partial charge in [0.25, 0.3) is 17.7 Å². The minimum Gasteiger partial charge on any atom is -0.387 e. The molecular formula is C78H144N6O45P3+3. The molecule has 7 rings (SSSR count). The van der Waals surface area contributed by atoms with E-state index in [1.807, 2.05) is 63.4 Å². The number of phosphoric acid groups is 3. The van der Waals surface area contributed by atoms with Crippen molar-refractivity contribution >= 4 is 41.2 Å². The summed E-state index contributed by atoms with van der Waals surface area (Å²) in [7, 11) is 2.40. The Morgan fingerprint density at radius 3 is 0.659 bits per heavy atom. The quantitative estimate of drug-likeness (QED) is 0.0164. The van der Waals surface area contributed by atoms with E-state index in [1.165, 1.54) is 18.2 Å². The van der Waals surface area contributed by atoms with Gasteiger partial charge in [0.1, 0.15) is 186 Å². The first-order valence-electron chi connectivity index (χ1n) is 43.9. The van der Waals surface area contributed by atoms with Crippen molar-refractivity contribution < 1.29 is 232 Å². The predicted molar refractivity (Wildman–Crippen MR) is 449 cm³/mol.